The monoisotopic (exact) mass is 352 g/mol. The molecule has 0 spiro atoms. The number of hydrogen-bond acceptors (Lipinski definition) is 6. The van der Waals surface area contributed by atoms with Gasteiger partial charge in [0.2, 0.25) is 10.0 Å². The van der Waals surface area contributed by atoms with E-state index in [1.807, 2.05) is 0 Å². The van der Waals surface area contributed by atoms with Crippen molar-refractivity contribution in [2.24, 2.45) is 0 Å². The largest absolute Gasteiger partial charge is 0.340 e. The maximum Gasteiger partial charge on any atom is 0.255 e. The second-order valence-corrected chi connectivity index (χ2v) is 7.41. The van der Waals surface area contributed by atoms with Gasteiger partial charge in [-0.25, -0.2) is 12.7 Å². The Bertz CT molecular complexity index is 952. The molecule has 8 nitrogen and oxygen atoms in total. The minimum atomic E-state index is -3.45. The van der Waals surface area contributed by atoms with Gasteiger partial charge in [-0.3, -0.25) is 0 Å². The number of benzene rings is 1. The third-order valence-electron chi connectivity index (χ3n) is 3.13. The average Bonchev–Trinajstić information content (AvgIpc) is 2.96. The van der Waals surface area contributed by atoms with Crippen LogP contribution in [0.15, 0.2) is 41.6 Å². The number of aromatic nitrogens is 4. The van der Waals surface area contributed by atoms with E-state index < -0.39 is 10.0 Å². The molecule has 3 aromatic rings. The van der Waals surface area contributed by atoms with E-state index in [1.165, 1.54) is 37.1 Å². The first-order valence-corrected chi connectivity index (χ1v) is 8.35. The van der Waals surface area contributed by atoms with Gasteiger partial charge in [0.15, 0.2) is 0 Å². The van der Waals surface area contributed by atoms with Crippen molar-refractivity contribution in [3.05, 3.63) is 41.8 Å². The van der Waals surface area contributed by atoms with Gasteiger partial charge in [-0.05, 0) is 24.3 Å². The predicted octanol–water partition coefficient (Wildman–Crippen LogP) is 1.77. The lowest BCUT2D eigenvalue weighted by Crippen LogP contribution is -2.22. The van der Waals surface area contributed by atoms with Crippen molar-refractivity contribution in [2.45, 2.75) is 4.90 Å². The van der Waals surface area contributed by atoms with E-state index in [9.17, 15) is 8.42 Å². The number of nitrogens with zero attached hydrogens (tertiary/aromatic N) is 5. The Kier molecular flexibility index (Phi) is 3.92. The van der Waals surface area contributed by atoms with Gasteiger partial charge in [0.1, 0.15) is 17.3 Å². The van der Waals surface area contributed by atoms with Crippen LogP contribution in [0.1, 0.15) is 0 Å². The summed E-state index contributed by atoms with van der Waals surface area (Å²) < 4.78 is 26.7. The molecule has 0 amide bonds. The summed E-state index contributed by atoms with van der Waals surface area (Å²) in [6, 6.07) is 7.98. The van der Waals surface area contributed by atoms with Gasteiger partial charge in [0.05, 0.1) is 4.90 Å². The normalized spacial score (nSPS) is 12.0. The molecular weight excluding hydrogens is 340 g/mol. The summed E-state index contributed by atoms with van der Waals surface area (Å²) in [7, 11) is -0.476. The smallest absolute Gasteiger partial charge is 0.255 e. The van der Waals surface area contributed by atoms with Crippen LogP contribution in [0.4, 0.5) is 11.5 Å². The zero-order chi connectivity index (χ0) is 16.6. The number of hydrogen-bond donors (Lipinski definition) is 1. The first-order chi connectivity index (χ1) is 10.9. The number of anilines is 2. The summed E-state index contributed by atoms with van der Waals surface area (Å²) in [5, 5.41) is 7.44. The van der Waals surface area contributed by atoms with Gasteiger partial charge < -0.3 is 5.32 Å². The molecule has 1 N–H and O–H groups in total. The quantitative estimate of drug-likeness (QED) is 0.719. The summed E-state index contributed by atoms with van der Waals surface area (Å²) in [5.41, 5.74) is 0.682. The zero-order valence-corrected chi connectivity index (χ0v) is 13.9. The van der Waals surface area contributed by atoms with E-state index >= 15 is 0 Å². The summed E-state index contributed by atoms with van der Waals surface area (Å²) in [6.45, 7) is 0. The predicted molar refractivity (Wildman–Crippen MR) is 86.4 cm³/mol. The van der Waals surface area contributed by atoms with Crippen molar-refractivity contribution in [1.82, 2.24) is 23.9 Å². The van der Waals surface area contributed by atoms with Crippen LogP contribution in [0, 0.1) is 0 Å². The van der Waals surface area contributed by atoms with Crippen LogP contribution in [0.2, 0.25) is 5.15 Å². The average molecular weight is 353 g/mol. The molecule has 0 saturated carbocycles. The highest BCUT2D eigenvalue weighted by Gasteiger charge is 2.16. The minimum Gasteiger partial charge on any atom is -0.340 e. The fraction of sp³-hybridized carbons (Fsp3) is 0.154. The molecule has 2 aromatic heterocycles. The van der Waals surface area contributed by atoms with Crippen LogP contribution < -0.4 is 5.32 Å². The van der Waals surface area contributed by atoms with Gasteiger partial charge in [-0.2, -0.15) is 19.6 Å². The lowest BCUT2D eigenvalue weighted by molar-refractivity contribution is 0.521. The summed E-state index contributed by atoms with van der Waals surface area (Å²) in [5.74, 6) is 0.938. The van der Waals surface area contributed by atoms with E-state index in [1.54, 1.807) is 18.2 Å². The fourth-order valence-electron chi connectivity index (χ4n) is 1.94. The van der Waals surface area contributed by atoms with Crippen molar-refractivity contribution < 1.29 is 8.42 Å². The molecule has 0 fully saturated rings. The topological polar surface area (TPSA) is 92.5 Å². The maximum absolute atomic E-state index is 12.0. The van der Waals surface area contributed by atoms with Crippen LogP contribution in [0.25, 0.3) is 5.78 Å². The Morgan fingerprint density at radius 2 is 1.91 bits per heavy atom. The van der Waals surface area contributed by atoms with Crippen molar-refractivity contribution in [1.29, 1.82) is 0 Å². The third kappa shape index (κ3) is 2.98. The Hall–Kier alpha value is -2.23. The van der Waals surface area contributed by atoms with Crippen LogP contribution >= 0.6 is 11.6 Å². The van der Waals surface area contributed by atoms with Gasteiger partial charge in [-0.1, -0.05) is 11.6 Å². The Labute approximate surface area is 137 Å². The summed E-state index contributed by atoms with van der Waals surface area (Å²) >= 11 is 5.95. The summed E-state index contributed by atoms with van der Waals surface area (Å²) in [6.07, 6.45) is 1.37. The molecule has 3 rings (SSSR count). The second kappa shape index (κ2) is 5.76. The Morgan fingerprint density at radius 1 is 1.22 bits per heavy atom. The molecule has 10 heteroatoms. The highest BCUT2D eigenvalue weighted by Crippen LogP contribution is 2.22. The third-order valence-corrected chi connectivity index (χ3v) is 5.15. The van der Waals surface area contributed by atoms with E-state index in [4.69, 9.17) is 11.6 Å². The van der Waals surface area contributed by atoms with Crippen LogP contribution in [-0.2, 0) is 10.0 Å². The number of fused-ring (bicyclic) bond motifs is 1. The molecule has 0 atom stereocenters. The molecule has 0 bridgehead atoms. The number of halogens is 1. The van der Waals surface area contributed by atoms with E-state index in [0.29, 0.717) is 17.3 Å². The van der Waals surface area contributed by atoms with Crippen LogP contribution in [-0.4, -0.2) is 46.4 Å². The highest BCUT2D eigenvalue weighted by atomic mass is 35.5. The van der Waals surface area contributed by atoms with Crippen LogP contribution in [0.3, 0.4) is 0 Å². The van der Waals surface area contributed by atoms with Gasteiger partial charge >= 0.3 is 0 Å². The van der Waals surface area contributed by atoms with Crippen molar-refractivity contribution in [3.8, 4) is 0 Å². The molecular formula is C13H13ClN6O2S. The molecule has 120 valence electrons. The molecule has 0 aliphatic rings. The second-order valence-electron chi connectivity index (χ2n) is 4.87. The van der Waals surface area contributed by atoms with Crippen molar-refractivity contribution in [2.75, 3.05) is 19.4 Å². The van der Waals surface area contributed by atoms with Gasteiger partial charge in [0, 0.05) is 25.8 Å². The molecule has 0 unspecified atom stereocenters. The van der Waals surface area contributed by atoms with Gasteiger partial charge in [0.25, 0.3) is 5.78 Å². The molecule has 0 aliphatic heterocycles. The molecule has 23 heavy (non-hydrogen) atoms. The maximum atomic E-state index is 12.0. The zero-order valence-electron chi connectivity index (χ0n) is 12.3. The number of sulfonamides is 1. The van der Waals surface area contributed by atoms with Crippen molar-refractivity contribution in [3.63, 3.8) is 0 Å². The Morgan fingerprint density at radius 3 is 2.57 bits per heavy atom. The van der Waals surface area contributed by atoms with Crippen LogP contribution in [0.5, 0.6) is 0 Å². The summed E-state index contributed by atoms with van der Waals surface area (Å²) in [4.78, 5) is 8.23. The number of rotatable bonds is 4. The van der Waals surface area contributed by atoms with E-state index in [0.717, 1.165) is 4.31 Å². The molecule has 2 heterocycles. The first kappa shape index (κ1) is 15.7. The molecule has 0 radical (unpaired) electrons. The number of nitrogens with one attached hydrogen (secondary N) is 1. The highest BCUT2D eigenvalue weighted by molar-refractivity contribution is 7.89. The fourth-order valence-corrected chi connectivity index (χ4v) is 3.02. The molecule has 1 aromatic carbocycles. The Balaban J connectivity index is 1.93. The van der Waals surface area contributed by atoms with Gasteiger partial charge in [-0.15, -0.1) is 0 Å². The lowest BCUT2D eigenvalue weighted by atomic mass is 10.3. The molecule has 0 aliphatic carbocycles. The minimum absolute atomic E-state index is 0.215. The van der Waals surface area contributed by atoms with E-state index in [-0.39, 0.29) is 10.0 Å². The SMILES string of the molecule is CN(C)S(=O)(=O)c1ccc(Nc2cc(Cl)nc3ncnn23)cc1. The first-order valence-electron chi connectivity index (χ1n) is 6.54. The van der Waals surface area contributed by atoms with Crippen molar-refractivity contribution >= 4 is 38.9 Å². The standard InChI is InChI=1S/C13H13ClN6O2S/c1-19(2)23(21,22)10-5-3-9(4-6-10)17-12-7-11(14)18-13-15-8-16-20(12)13/h3-8,17H,1-2H3. The molecule has 0 saturated heterocycles. The lowest BCUT2D eigenvalue weighted by Gasteiger charge is -2.12. The van der Waals surface area contributed by atoms with E-state index in [2.05, 4.69) is 20.4 Å².